The molecule has 0 spiro atoms. The summed E-state index contributed by atoms with van der Waals surface area (Å²) in [5.41, 5.74) is -0.376. The van der Waals surface area contributed by atoms with E-state index in [-0.39, 0.29) is 5.57 Å². The zero-order valence-corrected chi connectivity index (χ0v) is 15.1. The van der Waals surface area contributed by atoms with Crippen LogP contribution in [0.25, 0.3) is 0 Å². The molecule has 10 nitrogen and oxygen atoms in total. The molecule has 15 heteroatoms. The van der Waals surface area contributed by atoms with E-state index in [1.54, 1.807) is 0 Å². The monoisotopic (exact) mass is 440 g/mol. The molecule has 0 aliphatic rings. The second-order valence-corrected chi connectivity index (χ2v) is 6.55. The number of ether oxygens (including phenoxy) is 4. The van der Waals surface area contributed by atoms with Crippen molar-refractivity contribution in [3.05, 3.63) is 12.2 Å². The fourth-order valence-electron chi connectivity index (χ4n) is 1.16. The average Bonchev–Trinajstić information content (AvgIpc) is 2.53. The van der Waals surface area contributed by atoms with E-state index < -0.39 is 72.2 Å². The molecule has 0 aromatic carbocycles. The Morgan fingerprint density at radius 3 is 2.04 bits per heavy atom. The summed E-state index contributed by atoms with van der Waals surface area (Å²) in [6.07, 6.45) is 0. The van der Waals surface area contributed by atoms with Crippen molar-refractivity contribution in [1.82, 2.24) is 0 Å². The van der Waals surface area contributed by atoms with Gasteiger partial charge in [-0.3, -0.25) is 4.55 Å². The second-order valence-electron chi connectivity index (χ2n) is 5.09. The predicted molar refractivity (Wildman–Crippen MR) is 80.0 cm³/mol. The van der Waals surface area contributed by atoms with Crippen LogP contribution in [0.1, 0.15) is 6.92 Å². The molecule has 0 aromatic rings. The maximum Gasteiger partial charge on any atom is 0.465 e. The van der Waals surface area contributed by atoms with Crippen LogP contribution >= 0.6 is 0 Å². The SMILES string of the molecule is C=C(COCC(C)(F)F)C(=O)OCC(=O)OCCOC(=O)C(F)(F)S(=O)(=O)O. The summed E-state index contributed by atoms with van der Waals surface area (Å²) in [5.74, 6) is -8.08. The second kappa shape index (κ2) is 10.3. The van der Waals surface area contributed by atoms with E-state index in [0.717, 1.165) is 0 Å². The van der Waals surface area contributed by atoms with E-state index in [2.05, 4.69) is 25.5 Å². The van der Waals surface area contributed by atoms with Crippen molar-refractivity contribution >= 4 is 28.0 Å². The molecule has 0 saturated heterocycles. The third-order valence-electron chi connectivity index (χ3n) is 2.38. The largest absolute Gasteiger partial charge is 0.465 e. The van der Waals surface area contributed by atoms with Crippen LogP contribution in [0.4, 0.5) is 17.6 Å². The van der Waals surface area contributed by atoms with Crippen LogP contribution in [0.5, 0.6) is 0 Å². The van der Waals surface area contributed by atoms with Crippen LogP contribution in [-0.2, 0) is 43.4 Å². The average molecular weight is 440 g/mol. The highest BCUT2D eigenvalue weighted by Crippen LogP contribution is 2.21. The first-order valence-corrected chi connectivity index (χ1v) is 8.50. The molecule has 0 aromatic heterocycles. The van der Waals surface area contributed by atoms with Gasteiger partial charge < -0.3 is 18.9 Å². The third-order valence-corrected chi connectivity index (χ3v) is 3.20. The van der Waals surface area contributed by atoms with Gasteiger partial charge in [0.05, 0.1) is 12.2 Å². The van der Waals surface area contributed by atoms with Crippen LogP contribution < -0.4 is 0 Å². The molecular weight excluding hydrogens is 424 g/mol. The van der Waals surface area contributed by atoms with Crippen molar-refractivity contribution in [3.63, 3.8) is 0 Å². The molecule has 0 fully saturated rings. The summed E-state index contributed by atoms with van der Waals surface area (Å²) in [4.78, 5) is 33.4. The first-order valence-electron chi connectivity index (χ1n) is 7.06. The highest BCUT2D eigenvalue weighted by Gasteiger charge is 2.54. The molecule has 0 unspecified atom stereocenters. The van der Waals surface area contributed by atoms with Crippen molar-refractivity contribution in [1.29, 1.82) is 0 Å². The van der Waals surface area contributed by atoms with Crippen LogP contribution in [0.2, 0.25) is 0 Å². The Bertz CT molecular complexity index is 699. The van der Waals surface area contributed by atoms with Gasteiger partial charge in [-0.25, -0.2) is 23.2 Å². The van der Waals surface area contributed by atoms with Gasteiger partial charge in [-0.15, -0.1) is 0 Å². The van der Waals surface area contributed by atoms with Gasteiger partial charge in [-0.05, 0) is 0 Å². The summed E-state index contributed by atoms with van der Waals surface area (Å²) in [5, 5.41) is -5.20. The minimum absolute atomic E-state index is 0.376. The number of carbonyl (C=O) groups is 3. The van der Waals surface area contributed by atoms with Crippen LogP contribution in [-0.4, -0.2) is 75.1 Å². The molecule has 0 amide bonds. The minimum atomic E-state index is -6.03. The molecular formula is C13H16F4O10S. The molecule has 0 heterocycles. The van der Waals surface area contributed by atoms with Gasteiger partial charge in [-0.2, -0.15) is 17.2 Å². The lowest BCUT2D eigenvalue weighted by atomic mass is 10.3. The summed E-state index contributed by atoms with van der Waals surface area (Å²) in [6.45, 7) is -0.552. The first-order chi connectivity index (χ1) is 12.6. The normalized spacial score (nSPS) is 12.2. The fourth-order valence-corrected chi connectivity index (χ4v) is 1.43. The molecule has 0 saturated carbocycles. The van der Waals surface area contributed by atoms with Crippen molar-refractivity contribution in [2.24, 2.45) is 0 Å². The molecule has 28 heavy (non-hydrogen) atoms. The Hall–Kier alpha value is -2.26. The Kier molecular flexibility index (Phi) is 9.50. The Morgan fingerprint density at radius 2 is 1.54 bits per heavy atom. The molecule has 0 aliphatic heterocycles. The van der Waals surface area contributed by atoms with Crippen molar-refractivity contribution in [2.45, 2.75) is 18.1 Å². The molecule has 162 valence electrons. The van der Waals surface area contributed by atoms with Gasteiger partial charge in [0.1, 0.15) is 19.8 Å². The van der Waals surface area contributed by atoms with E-state index in [1.165, 1.54) is 0 Å². The van der Waals surface area contributed by atoms with Crippen LogP contribution in [0, 0.1) is 0 Å². The number of alkyl halides is 4. The number of esters is 3. The van der Waals surface area contributed by atoms with Gasteiger partial charge >= 0.3 is 33.3 Å². The van der Waals surface area contributed by atoms with E-state index in [1.807, 2.05) is 0 Å². The Morgan fingerprint density at radius 1 is 1.00 bits per heavy atom. The van der Waals surface area contributed by atoms with E-state index >= 15 is 0 Å². The van der Waals surface area contributed by atoms with Gasteiger partial charge in [0, 0.05) is 6.92 Å². The van der Waals surface area contributed by atoms with E-state index in [9.17, 15) is 40.4 Å². The fraction of sp³-hybridized carbons (Fsp3) is 0.615. The van der Waals surface area contributed by atoms with Gasteiger partial charge in [-0.1, -0.05) is 6.58 Å². The standard InChI is InChI=1S/C13H16F4O10S/c1-8(5-24-7-12(2,14)15)10(19)27-6-9(18)25-3-4-26-11(20)13(16,17)28(21,22)23/h1,3-7H2,2H3,(H,21,22,23). The summed E-state index contributed by atoms with van der Waals surface area (Å²) in [7, 11) is -6.03. The summed E-state index contributed by atoms with van der Waals surface area (Å²) >= 11 is 0. The summed E-state index contributed by atoms with van der Waals surface area (Å²) < 4.78 is 96.4. The van der Waals surface area contributed by atoms with Gasteiger partial charge in [0.15, 0.2) is 6.61 Å². The molecule has 0 aliphatic carbocycles. The lowest BCUT2D eigenvalue weighted by molar-refractivity contribution is -0.166. The van der Waals surface area contributed by atoms with Gasteiger partial charge in [0.2, 0.25) is 0 Å². The first kappa shape index (κ1) is 25.7. The zero-order chi connectivity index (χ0) is 22.2. The third kappa shape index (κ3) is 9.61. The molecule has 0 bridgehead atoms. The molecule has 0 atom stereocenters. The maximum absolute atomic E-state index is 12.8. The number of halogens is 4. The molecule has 1 N–H and O–H groups in total. The summed E-state index contributed by atoms with van der Waals surface area (Å²) in [6, 6.07) is 0. The van der Waals surface area contributed by atoms with Crippen LogP contribution in [0.3, 0.4) is 0 Å². The Labute approximate surface area is 156 Å². The maximum atomic E-state index is 12.8. The Balaban J connectivity index is 4.10. The van der Waals surface area contributed by atoms with E-state index in [0.29, 0.717) is 6.92 Å². The van der Waals surface area contributed by atoms with Gasteiger partial charge in [0.25, 0.3) is 5.92 Å². The zero-order valence-electron chi connectivity index (χ0n) is 14.3. The lowest BCUT2D eigenvalue weighted by Gasteiger charge is -2.12. The van der Waals surface area contributed by atoms with E-state index in [4.69, 9.17) is 4.55 Å². The van der Waals surface area contributed by atoms with Crippen molar-refractivity contribution in [2.75, 3.05) is 33.0 Å². The quantitative estimate of drug-likeness (QED) is 0.113. The molecule has 0 radical (unpaired) electrons. The minimum Gasteiger partial charge on any atom is -0.460 e. The number of hydrogen-bond acceptors (Lipinski definition) is 9. The lowest BCUT2D eigenvalue weighted by Crippen LogP contribution is -2.39. The molecule has 0 rings (SSSR count). The smallest absolute Gasteiger partial charge is 0.460 e. The number of hydrogen-bond donors (Lipinski definition) is 1. The topological polar surface area (TPSA) is 142 Å². The predicted octanol–water partition coefficient (Wildman–Crippen LogP) is 0.325. The number of rotatable bonds is 12. The van der Waals surface area contributed by atoms with Crippen LogP contribution in [0.15, 0.2) is 12.2 Å². The highest BCUT2D eigenvalue weighted by molar-refractivity contribution is 7.87. The van der Waals surface area contributed by atoms with Crippen molar-refractivity contribution in [3.8, 4) is 0 Å². The van der Waals surface area contributed by atoms with Crippen molar-refractivity contribution < 1.29 is 63.9 Å². The number of carbonyl (C=O) groups excluding carboxylic acids is 3. The highest BCUT2D eigenvalue weighted by atomic mass is 32.2.